The molecule has 0 amide bonds. The second-order valence-corrected chi connectivity index (χ2v) is 4.63. The number of aromatic nitrogens is 2. The molecule has 2 aromatic carbocycles. The first kappa shape index (κ1) is 12.5. The largest absolute Gasteiger partial charge is 0.369 e. The third-order valence-corrected chi connectivity index (χ3v) is 3.27. The van der Waals surface area contributed by atoms with Crippen LogP contribution in [0.1, 0.15) is 5.56 Å². The maximum absolute atomic E-state index is 13.4. The molecule has 1 aromatic heterocycles. The predicted octanol–water partition coefficient (Wildman–Crippen LogP) is 3.27. The number of imidazole rings is 1. The standard InChI is InChI=1S/C14H8ClFN4/c15-10-5-13-12(6-11(10)16)19-14(18)20(13)9-3-1-8(7-17)2-4-9/h1-6H,(H2,18,19). The van der Waals surface area contributed by atoms with E-state index in [1.54, 1.807) is 28.8 Å². The SMILES string of the molecule is N#Cc1ccc(-n2c(N)nc3cc(F)c(Cl)cc32)cc1. The summed E-state index contributed by atoms with van der Waals surface area (Å²) in [5.74, 6) is -0.310. The van der Waals surface area contributed by atoms with Crippen molar-refractivity contribution in [2.24, 2.45) is 0 Å². The number of hydrogen-bond donors (Lipinski definition) is 1. The molecule has 0 fully saturated rings. The molecular formula is C14H8ClFN4. The summed E-state index contributed by atoms with van der Waals surface area (Å²) in [6.07, 6.45) is 0. The molecule has 20 heavy (non-hydrogen) atoms. The summed E-state index contributed by atoms with van der Waals surface area (Å²) in [6, 6.07) is 11.6. The van der Waals surface area contributed by atoms with Crippen LogP contribution in [-0.2, 0) is 0 Å². The average Bonchev–Trinajstić information content (AvgIpc) is 2.75. The number of hydrogen-bond acceptors (Lipinski definition) is 3. The Morgan fingerprint density at radius 3 is 2.60 bits per heavy atom. The molecule has 4 nitrogen and oxygen atoms in total. The molecule has 98 valence electrons. The molecule has 0 aliphatic carbocycles. The van der Waals surface area contributed by atoms with Crippen molar-refractivity contribution in [1.29, 1.82) is 5.26 Å². The number of benzene rings is 2. The van der Waals surface area contributed by atoms with E-state index in [4.69, 9.17) is 22.6 Å². The normalized spacial score (nSPS) is 10.7. The number of anilines is 1. The predicted molar refractivity (Wildman–Crippen MR) is 75.2 cm³/mol. The number of nitrogen functional groups attached to an aromatic ring is 1. The Bertz CT molecular complexity index is 846. The van der Waals surface area contributed by atoms with Gasteiger partial charge < -0.3 is 5.73 Å². The molecule has 0 saturated carbocycles. The first-order valence-corrected chi connectivity index (χ1v) is 6.11. The number of nitriles is 1. The highest BCUT2D eigenvalue weighted by Crippen LogP contribution is 2.27. The van der Waals surface area contributed by atoms with Crippen molar-refractivity contribution in [2.75, 3.05) is 5.73 Å². The second kappa shape index (κ2) is 4.51. The van der Waals surface area contributed by atoms with E-state index in [1.165, 1.54) is 12.1 Å². The van der Waals surface area contributed by atoms with Crippen LogP contribution in [0.2, 0.25) is 5.02 Å². The summed E-state index contributed by atoms with van der Waals surface area (Å²) in [4.78, 5) is 4.11. The second-order valence-electron chi connectivity index (χ2n) is 4.22. The Labute approximate surface area is 118 Å². The van der Waals surface area contributed by atoms with Gasteiger partial charge in [0.1, 0.15) is 5.82 Å². The Morgan fingerprint density at radius 2 is 1.95 bits per heavy atom. The van der Waals surface area contributed by atoms with Gasteiger partial charge in [-0.3, -0.25) is 4.57 Å². The van der Waals surface area contributed by atoms with Gasteiger partial charge in [0, 0.05) is 11.8 Å². The lowest BCUT2D eigenvalue weighted by Gasteiger charge is -2.06. The number of nitrogens with two attached hydrogens (primary N) is 1. The zero-order valence-electron chi connectivity index (χ0n) is 10.1. The van der Waals surface area contributed by atoms with Crippen LogP contribution in [0.25, 0.3) is 16.7 Å². The van der Waals surface area contributed by atoms with Gasteiger partial charge in [-0.2, -0.15) is 5.26 Å². The van der Waals surface area contributed by atoms with Gasteiger partial charge in [0.15, 0.2) is 0 Å². The topological polar surface area (TPSA) is 67.6 Å². The van der Waals surface area contributed by atoms with E-state index in [0.29, 0.717) is 16.6 Å². The van der Waals surface area contributed by atoms with Crippen molar-refractivity contribution in [3.63, 3.8) is 0 Å². The number of fused-ring (bicyclic) bond motifs is 1. The van der Waals surface area contributed by atoms with Gasteiger partial charge in [-0.15, -0.1) is 0 Å². The smallest absolute Gasteiger partial charge is 0.205 e. The van der Waals surface area contributed by atoms with E-state index in [1.807, 2.05) is 6.07 Å². The van der Waals surface area contributed by atoms with Crippen LogP contribution in [0.5, 0.6) is 0 Å². The van der Waals surface area contributed by atoms with E-state index in [2.05, 4.69) is 4.98 Å². The lowest BCUT2D eigenvalue weighted by Crippen LogP contribution is -2.00. The summed E-state index contributed by atoms with van der Waals surface area (Å²) in [6.45, 7) is 0. The van der Waals surface area contributed by atoms with E-state index < -0.39 is 5.82 Å². The van der Waals surface area contributed by atoms with Crippen LogP contribution in [-0.4, -0.2) is 9.55 Å². The lowest BCUT2D eigenvalue weighted by atomic mass is 10.2. The molecule has 6 heteroatoms. The summed E-state index contributed by atoms with van der Waals surface area (Å²) in [7, 11) is 0. The molecule has 0 radical (unpaired) electrons. The molecule has 2 N–H and O–H groups in total. The van der Waals surface area contributed by atoms with Gasteiger partial charge in [0.25, 0.3) is 0 Å². The first-order valence-electron chi connectivity index (χ1n) is 5.73. The molecule has 0 bridgehead atoms. The van der Waals surface area contributed by atoms with Crippen LogP contribution >= 0.6 is 11.6 Å². The first-order chi connectivity index (χ1) is 9.60. The van der Waals surface area contributed by atoms with Gasteiger partial charge in [0.05, 0.1) is 27.7 Å². The van der Waals surface area contributed by atoms with Crippen LogP contribution in [0.15, 0.2) is 36.4 Å². The molecule has 3 aromatic rings. The maximum Gasteiger partial charge on any atom is 0.205 e. The molecule has 0 spiro atoms. The zero-order valence-corrected chi connectivity index (χ0v) is 10.9. The highest BCUT2D eigenvalue weighted by Gasteiger charge is 2.13. The van der Waals surface area contributed by atoms with E-state index >= 15 is 0 Å². The minimum atomic E-state index is -0.538. The van der Waals surface area contributed by atoms with Gasteiger partial charge in [-0.25, -0.2) is 9.37 Å². The van der Waals surface area contributed by atoms with Crippen LogP contribution < -0.4 is 5.73 Å². The van der Waals surface area contributed by atoms with Crippen molar-refractivity contribution in [2.45, 2.75) is 0 Å². The molecule has 0 saturated heterocycles. The summed E-state index contributed by atoms with van der Waals surface area (Å²) >= 11 is 5.80. The maximum atomic E-state index is 13.4. The van der Waals surface area contributed by atoms with Crippen molar-refractivity contribution >= 4 is 28.6 Å². The summed E-state index contributed by atoms with van der Waals surface area (Å²) in [5.41, 5.74) is 8.18. The minimum absolute atomic E-state index is 0.00675. The quantitative estimate of drug-likeness (QED) is 0.746. The molecule has 0 aliphatic rings. The van der Waals surface area contributed by atoms with Gasteiger partial charge in [0.2, 0.25) is 5.95 Å². The monoisotopic (exact) mass is 286 g/mol. The Hall–Kier alpha value is -2.58. The van der Waals surface area contributed by atoms with E-state index in [-0.39, 0.29) is 11.0 Å². The fourth-order valence-electron chi connectivity index (χ4n) is 2.05. The van der Waals surface area contributed by atoms with Crippen LogP contribution in [0, 0.1) is 17.1 Å². The third-order valence-electron chi connectivity index (χ3n) is 2.98. The molecular weight excluding hydrogens is 279 g/mol. The van der Waals surface area contributed by atoms with E-state index in [9.17, 15) is 4.39 Å². The molecule has 3 rings (SSSR count). The van der Waals surface area contributed by atoms with Crippen molar-refractivity contribution in [1.82, 2.24) is 9.55 Å². The van der Waals surface area contributed by atoms with Crippen molar-refractivity contribution in [3.05, 3.63) is 52.8 Å². The van der Waals surface area contributed by atoms with E-state index in [0.717, 1.165) is 5.69 Å². The number of rotatable bonds is 1. The highest BCUT2D eigenvalue weighted by molar-refractivity contribution is 6.31. The minimum Gasteiger partial charge on any atom is -0.369 e. The van der Waals surface area contributed by atoms with Gasteiger partial charge >= 0.3 is 0 Å². The van der Waals surface area contributed by atoms with Crippen LogP contribution in [0.4, 0.5) is 10.3 Å². The molecule has 1 heterocycles. The van der Waals surface area contributed by atoms with Crippen LogP contribution in [0.3, 0.4) is 0 Å². The van der Waals surface area contributed by atoms with Gasteiger partial charge in [-0.05, 0) is 30.3 Å². The van der Waals surface area contributed by atoms with Crippen molar-refractivity contribution in [3.8, 4) is 11.8 Å². The number of halogens is 2. The fourth-order valence-corrected chi connectivity index (χ4v) is 2.21. The molecule has 0 unspecified atom stereocenters. The average molecular weight is 287 g/mol. The van der Waals surface area contributed by atoms with Crippen molar-refractivity contribution < 1.29 is 4.39 Å². The Kier molecular flexibility index (Phi) is 2.81. The lowest BCUT2D eigenvalue weighted by molar-refractivity contribution is 0.630. The summed E-state index contributed by atoms with van der Waals surface area (Å²) in [5, 5.41) is 8.81. The van der Waals surface area contributed by atoms with Gasteiger partial charge in [-0.1, -0.05) is 11.6 Å². The number of nitrogens with zero attached hydrogens (tertiary/aromatic N) is 3. The highest BCUT2D eigenvalue weighted by atomic mass is 35.5. The zero-order chi connectivity index (χ0) is 14.3. The summed E-state index contributed by atoms with van der Waals surface area (Å²) < 4.78 is 15.1. The Morgan fingerprint density at radius 1 is 1.25 bits per heavy atom. The molecule has 0 atom stereocenters. The third kappa shape index (κ3) is 1.87. The Balaban J connectivity index is 2.27. The molecule has 0 aliphatic heterocycles. The fraction of sp³-hybridized carbons (Fsp3) is 0.